The second-order valence-electron chi connectivity index (χ2n) is 0.250. The minimum absolute atomic E-state index is 0. The van der Waals surface area contributed by atoms with Crippen LogP contribution in [0.15, 0.2) is 0 Å². The van der Waals surface area contributed by atoms with Gasteiger partial charge in [-0.1, -0.05) is 0 Å². The first-order valence-corrected chi connectivity index (χ1v) is 0.612. The van der Waals surface area contributed by atoms with Crippen LogP contribution in [0.1, 0.15) is 0 Å². The summed E-state index contributed by atoms with van der Waals surface area (Å²) in [5.74, 6) is 0. The van der Waals surface area contributed by atoms with Crippen LogP contribution in [-0.2, 0) is 67.1 Å². The van der Waals surface area contributed by atoms with Crippen molar-refractivity contribution in [3.05, 3.63) is 0 Å². The van der Waals surface area contributed by atoms with Gasteiger partial charge in [-0.05, 0) is 6.16 Å². The minimum Gasteiger partial charge on any atom is -0.870 e. The van der Waals surface area contributed by atoms with E-state index in [4.69, 9.17) is 15.0 Å². The monoisotopic (exact) mass is 554 g/mol. The van der Waals surface area contributed by atoms with Gasteiger partial charge in [0.05, 0.1) is 0 Å². The predicted octanol–water partition coefficient (Wildman–Crippen LogP) is -5.34. The first-order chi connectivity index (χ1) is 1.73. The summed E-state index contributed by atoms with van der Waals surface area (Å²) in [6.45, 7) is 0. The normalized spacial score (nSPS) is 1.09. The van der Waals surface area contributed by atoms with Gasteiger partial charge in [0.25, 0.3) is 0 Å². The maximum Gasteiger partial charge on any atom is 3.00 e. The van der Waals surface area contributed by atoms with Crippen molar-refractivity contribution in [2.45, 2.75) is 0 Å². The third-order valence-electron chi connectivity index (χ3n) is 0. The van der Waals surface area contributed by atoms with Crippen molar-refractivity contribution in [3.63, 3.8) is 0 Å². The van der Waals surface area contributed by atoms with E-state index in [9.17, 15) is 0 Å². The Morgan fingerprint density at radius 1 is 0.409 bits per heavy atom. The third-order valence-corrected chi connectivity index (χ3v) is 0. The molecule has 12 N–H and O–H groups in total. The van der Waals surface area contributed by atoms with Crippen molar-refractivity contribution in [1.29, 1.82) is 0 Å². The van der Waals surface area contributed by atoms with E-state index in [0.717, 1.165) is 0 Å². The molecular weight excluding hydrogens is 542 g/mol. The van der Waals surface area contributed by atoms with Crippen LogP contribution in [0.2, 0.25) is 0 Å². The minimum atomic E-state index is -2.33. The van der Waals surface area contributed by atoms with Crippen LogP contribution in [0.5, 0.6) is 0 Å². The summed E-state index contributed by atoms with van der Waals surface area (Å²) in [6, 6.07) is 0. The number of carbonyl (C=O) groups excluding carboxylic acids is 1. The number of carbonyl (C=O) groups is 1. The number of hydrogen-bond donors (Lipinski definition) is 0. The Balaban J connectivity index is -0.000000000294. The van der Waals surface area contributed by atoms with Crippen LogP contribution in [0.25, 0.3) is 0 Å². The van der Waals surface area contributed by atoms with Crippen LogP contribution in [0.4, 0.5) is 4.79 Å². The molecule has 0 aliphatic carbocycles. The molecule has 0 aromatic heterocycles. The Kier molecular flexibility index (Phi) is 11000. The van der Waals surface area contributed by atoms with E-state index in [-0.39, 0.29) is 168 Å². The zero-order chi connectivity index (χ0) is 3.58. The predicted molar refractivity (Wildman–Crippen MR) is 40.1 cm³/mol. The van der Waals surface area contributed by atoms with Crippen molar-refractivity contribution in [2.24, 2.45) is 0 Å². The van der Waals surface area contributed by atoms with Gasteiger partial charge in [0, 0.05) is 0 Å². The quantitative estimate of drug-likeness (QED) is 0.252. The summed E-state index contributed by atoms with van der Waals surface area (Å²) in [6.07, 6.45) is -2.33. The molecule has 0 bridgehead atoms. The zero-order valence-electron chi connectivity index (χ0n) is 9.58. The van der Waals surface area contributed by atoms with Crippen LogP contribution < -0.4 is 10.2 Å². The summed E-state index contributed by atoms with van der Waals surface area (Å²) >= 11 is 0. The van der Waals surface area contributed by atoms with Crippen molar-refractivity contribution in [3.8, 4) is 0 Å². The SMILES string of the molecule is O=C([O-])[O-].[Al+3].[Al+3].[Co+2].[Co+2].[Co+2].[Co+2].[OH-].[OH-].[OH-].[OH-].[OH-].[OH-].[OH-].[OH-].[OH-].[OH-].[OH-].[OH-]. The Hall–Kier alpha value is 1.88. The molecule has 21 heteroatoms. The molecule has 148 valence electrons. The van der Waals surface area contributed by atoms with Crippen LogP contribution >= 0.6 is 0 Å². The Bertz CT molecular complexity index is 52.5. The molecule has 0 aliphatic heterocycles. The average Bonchev–Trinajstić information content (AvgIpc) is 0.811. The Morgan fingerprint density at radius 3 is 0.409 bits per heavy atom. The fourth-order valence-electron chi connectivity index (χ4n) is 0. The standard InChI is InChI=1S/CH2O3.2Al.4Co.12H2O/c2-1(3)4;;;;;;;;;;;;;;;;;;/h(H2,2,3,4);;;;;;;12*1H2/q;2*+3;4*+2;;;;;;;;;;;;/p-14. The summed E-state index contributed by atoms with van der Waals surface area (Å²) < 4.78 is 0. The van der Waals surface area contributed by atoms with Gasteiger partial charge in [-0.2, -0.15) is 0 Å². The van der Waals surface area contributed by atoms with E-state index in [0.29, 0.717) is 0 Å². The van der Waals surface area contributed by atoms with Crippen LogP contribution in [0.3, 0.4) is 0 Å². The van der Waals surface area contributed by atoms with E-state index in [2.05, 4.69) is 0 Å². The second-order valence-corrected chi connectivity index (χ2v) is 0.250. The van der Waals surface area contributed by atoms with Gasteiger partial charge >= 0.3 is 102 Å². The topological polar surface area (TPSA) is 423 Å². The van der Waals surface area contributed by atoms with Crippen molar-refractivity contribution in [1.82, 2.24) is 0 Å². The van der Waals surface area contributed by atoms with Gasteiger partial charge in [0.2, 0.25) is 0 Å². The zero-order valence-corrected chi connectivity index (χ0v) is 16.1. The molecule has 0 fully saturated rings. The molecule has 0 saturated heterocycles. The number of rotatable bonds is 0. The summed E-state index contributed by atoms with van der Waals surface area (Å²) in [4.78, 5) is 8.33. The smallest absolute Gasteiger partial charge is 0.870 e. The van der Waals surface area contributed by atoms with Crippen LogP contribution in [-0.4, -0.2) is 107 Å². The van der Waals surface area contributed by atoms with Gasteiger partial charge in [-0.3, -0.25) is 0 Å². The molecule has 0 heterocycles. The molecule has 22 heavy (non-hydrogen) atoms. The van der Waals surface area contributed by atoms with E-state index >= 15 is 0 Å². The maximum atomic E-state index is 8.33. The summed E-state index contributed by atoms with van der Waals surface area (Å²) in [5.41, 5.74) is 0. The number of hydrogen-bond acceptors (Lipinski definition) is 15. The van der Waals surface area contributed by atoms with Gasteiger partial charge in [-0.25, -0.2) is 0 Å². The van der Waals surface area contributed by atoms with Crippen molar-refractivity contribution < 1.29 is 148 Å². The number of carboxylic acid groups (broad SMARTS) is 2. The molecule has 0 aliphatic rings. The fraction of sp³-hybridized carbons (Fsp3) is 0. The van der Waals surface area contributed by atoms with Gasteiger partial charge in [-0.15, -0.1) is 0 Å². The average molecular weight is 554 g/mol. The van der Waals surface area contributed by atoms with Crippen molar-refractivity contribution >= 4 is 40.9 Å². The Labute approximate surface area is 187 Å². The van der Waals surface area contributed by atoms with Gasteiger partial charge < -0.3 is 80.7 Å². The van der Waals surface area contributed by atoms with Crippen LogP contribution in [0, 0.1) is 0 Å². The molecule has 0 aromatic rings. The third kappa shape index (κ3) is 2700. The summed E-state index contributed by atoms with van der Waals surface area (Å²) in [7, 11) is 0. The molecule has 0 aromatic carbocycles. The summed E-state index contributed by atoms with van der Waals surface area (Å²) in [5, 5.41) is 16.7. The van der Waals surface area contributed by atoms with E-state index in [1.807, 2.05) is 0 Å². The first-order valence-electron chi connectivity index (χ1n) is 0.612. The van der Waals surface area contributed by atoms with E-state index in [1.54, 1.807) is 0 Å². The molecule has 0 unspecified atom stereocenters. The van der Waals surface area contributed by atoms with Crippen molar-refractivity contribution in [2.75, 3.05) is 0 Å². The molecule has 4 radical (unpaired) electrons. The molecule has 0 amide bonds. The van der Waals surface area contributed by atoms with Gasteiger partial charge in [0.15, 0.2) is 0 Å². The Morgan fingerprint density at radius 2 is 0.409 bits per heavy atom. The van der Waals surface area contributed by atoms with E-state index < -0.39 is 6.16 Å². The fourth-order valence-corrected chi connectivity index (χ4v) is 0. The van der Waals surface area contributed by atoms with E-state index in [1.165, 1.54) is 0 Å². The largest absolute Gasteiger partial charge is 3.00 e. The molecule has 15 nitrogen and oxygen atoms in total. The molecule has 0 spiro atoms. The second kappa shape index (κ2) is 460. The molecular formula is CH12Al2Co4O15. The van der Waals surface area contributed by atoms with Gasteiger partial charge in [0.1, 0.15) is 0 Å². The maximum absolute atomic E-state index is 8.33. The molecule has 0 rings (SSSR count). The first kappa shape index (κ1) is 525. The molecule has 0 saturated carbocycles. The molecule has 0 atom stereocenters.